The summed E-state index contributed by atoms with van der Waals surface area (Å²) in [5.74, 6) is -1.32. The highest BCUT2D eigenvalue weighted by atomic mass is 16.6. The van der Waals surface area contributed by atoms with Gasteiger partial charge in [-0.25, -0.2) is 14.6 Å². The Morgan fingerprint density at radius 3 is 2.50 bits per heavy atom. The molecule has 0 atom stereocenters. The minimum absolute atomic E-state index is 0.00627. The molecule has 36 heavy (non-hydrogen) atoms. The molecule has 0 aliphatic carbocycles. The van der Waals surface area contributed by atoms with Crippen molar-refractivity contribution in [2.45, 2.75) is 52.2 Å². The lowest BCUT2D eigenvalue weighted by Crippen LogP contribution is -2.33. The third-order valence-corrected chi connectivity index (χ3v) is 5.23. The number of imidazole rings is 1. The normalized spacial score (nSPS) is 11.2. The fourth-order valence-corrected chi connectivity index (χ4v) is 3.59. The molecular weight excluding hydrogens is 464 g/mol. The van der Waals surface area contributed by atoms with E-state index in [0.29, 0.717) is 30.1 Å². The second-order valence-corrected chi connectivity index (χ2v) is 9.28. The molecule has 0 saturated carbocycles. The molecular formula is C26H30N4O6. The molecule has 3 N–H and O–H groups in total. The number of aromatic carboxylic acids is 1. The number of aromatic nitrogens is 2. The molecule has 2 aromatic carbocycles. The van der Waals surface area contributed by atoms with E-state index in [9.17, 15) is 24.3 Å². The van der Waals surface area contributed by atoms with Crippen LogP contribution in [0.1, 0.15) is 71.1 Å². The van der Waals surface area contributed by atoms with E-state index in [0.717, 1.165) is 31.1 Å². The van der Waals surface area contributed by atoms with E-state index in [1.54, 1.807) is 39.0 Å². The van der Waals surface area contributed by atoms with Crippen molar-refractivity contribution in [3.63, 3.8) is 0 Å². The average Bonchev–Trinajstić information content (AvgIpc) is 3.16. The zero-order valence-corrected chi connectivity index (χ0v) is 20.5. The van der Waals surface area contributed by atoms with Gasteiger partial charge in [0.2, 0.25) is 5.95 Å². The molecule has 3 aromatic rings. The van der Waals surface area contributed by atoms with Gasteiger partial charge >= 0.3 is 12.1 Å². The van der Waals surface area contributed by atoms with Gasteiger partial charge in [0.15, 0.2) is 0 Å². The summed E-state index contributed by atoms with van der Waals surface area (Å²) in [5.41, 5.74) is 1.42. The van der Waals surface area contributed by atoms with Crippen molar-refractivity contribution in [2.24, 2.45) is 0 Å². The monoisotopic (exact) mass is 494 g/mol. The van der Waals surface area contributed by atoms with Crippen LogP contribution in [0.5, 0.6) is 0 Å². The Bertz CT molecular complexity index is 1280. The molecule has 0 aliphatic rings. The third kappa shape index (κ3) is 7.14. The van der Waals surface area contributed by atoms with Crippen molar-refractivity contribution in [2.75, 3.05) is 11.9 Å². The standard InChI is InChI=1S/C26H30N4O6/c1-26(2,3)36-25(35)27-12-5-4-6-13-30-21-11-10-17(16-31)14-20(21)28-24(30)29-22(32)18-8-7-9-19(15-18)23(33)34/h7-11,14-16H,4-6,12-13H2,1-3H3,(H,27,35)(H,33,34)(H,28,29,32). The summed E-state index contributed by atoms with van der Waals surface area (Å²) in [6.45, 7) is 6.43. The number of rotatable bonds is 10. The van der Waals surface area contributed by atoms with Crippen LogP contribution >= 0.6 is 0 Å². The Morgan fingerprint density at radius 1 is 1.06 bits per heavy atom. The van der Waals surface area contributed by atoms with Crippen molar-refractivity contribution in [3.05, 3.63) is 59.2 Å². The van der Waals surface area contributed by atoms with Crippen molar-refractivity contribution >= 4 is 41.2 Å². The van der Waals surface area contributed by atoms with Crippen LogP contribution in [0.3, 0.4) is 0 Å². The topological polar surface area (TPSA) is 140 Å². The van der Waals surface area contributed by atoms with E-state index in [-0.39, 0.29) is 11.1 Å². The molecule has 10 nitrogen and oxygen atoms in total. The van der Waals surface area contributed by atoms with Crippen molar-refractivity contribution in [1.82, 2.24) is 14.9 Å². The molecule has 2 amide bonds. The van der Waals surface area contributed by atoms with Crippen molar-refractivity contribution < 1.29 is 29.0 Å². The van der Waals surface area contributed by atoms with E-state index < -0.39 is 23.6 Å². The Morgan fingerprint density at radius 2 is 1.81 bits per heavy atom. The number of aryl methyl sites for hydroxylation is 1. The predicted octanol–water partition coefficient (Wildman–Crippen LogP) is 4.49. The number of hydrogen-bond acceptors (Lipinski definition) is 6. The Balaban J connectivity index is 1.69. The van der Waals surface area contributed by atoms with Crippen molar-refractivity contribution in [3.8, 4) is 0 Å². The molecule has 0 unspecified atom stereocenters. The first-order valence-corrected chi connectivity index (χ1v) is 11.6. The number of alkyl carbamates (subject to hydrolysis) is 1. The number of ether oxygens (including phenoxy) is 1. The van der Waals surface area contributed by atoms with Crippen LogP contribution in [-0.4, -0.2) is 51.1 Å². The summed E-state index contributed by atoms with van der Waals surface area (Å²) in [7, 11) is 0. The van der Waals surface area contributed by atoms with E-state index in [2.05, 4.69) is 15.6 Å². The number of amides is 2. The number of carbonyl (C=O) groups excluding carboxylic acids is 3. The predicted molar refractivity (Wildman–Crippen MR) is 135 cm³/mol. The van der Waals surface area contributed by atoms with E-state index >= 15 is 0 Å². The number of nitrogens with one attached hydrogen (secondary N) is 2. The number of aldehydes is 1. The molecule has 0 spiro atoms. The SMILES string of the molecule is CC(C)(C)OC(=O)NCCCCCn1c(NC(=O)c2cccc(C(=O)O)c2)nc2cc(C=O)ccc21. The second-order valence-electron chi connectivity index (χ2n) is 9.28. The van der Waals surface area contributed by atoms with Gasteiger partial charge < -0.3 is 19.7 Å². The molecule has 190 valence electrons. The summed E-state index contributed by atoms with van der Waals surface area (Å²) >= 11 is 0. The van der Waals surface area contributed by atoms with Gasteiger partial charge in [-0.1, -0.05) is 6.07 Å². The number of benzene rings is 2. The summed E-state index contributed by atoms with van der Waals surface area (Å²) < 4.78 is 7.07. The summed E-state index contributed by atoms with van der Waals surface area (Å²) in [6.07, 6.45) is 2.56. The Hall–Kier alpha value is -4.21. The van der Waals surface area contributed by atoms with Crippen LogP contribution in [0.25, 0.3) is 11.0 Å². The number of fused-ring (bicyclic) bond motifs is 1. The number of hydrogen-bond donors (Lipinski definition) is 3. The van der Waals surface area contributed by atoms with Gasteiger partial charge in [-0.3, -0.25) is 14.9 Å². The molecule has 0 fully saturated rings. The Labute approximate surface area is 208 Å². The average molecular weight is 495 g/mol. The van der Waals surface area contributed by atoms with Crippen LogP contribution in [0.15, 0.2) is 42.5 Å². The molecule has 10 heteroatoms. The zero-order valence-electron chi connectivity index (χ0n) is 20.5. The highest BCUT2D eigenvalue weighted by Crippen LogP contribution is 2.22. The lowest BCUT2D eigenvalue weighted by atomic mass is 10.1. The van der Waals surface area contributed by atoms with Gasteiger partial charge in [-0.2, -0.15) is 0 Å². The number of carbonyl (C=O) groups is 4. The van der Waals surface area contributed by atoms with Crippen LogP contribution in [0.4, 0.5) is 10.7 Å². The minimum Gasteiger partial charge on any atom is -0.478 e. The smallest absolute Gasteiger partial charge is 0.407 e. The molecule has 3 rings (SSSR count). The highest BCUT2D eigenvalue weighted by molar-refractivity contribution is 6.05. The second kappa shape index (κ2) is 11.5. The first-order chi connectivity index (χ1) is 17.1. The minimum atomic E-state index is -1.13. The van der Waals surface area contributed by atoms with Crippen LogP contribution in [-0.2, 0) is 11.3 Å². The van der Waals surface area contributed by atoms with Gasteiger partial charge in [0.1, 0.15) is 11.9 Å². The maximum absolute atomic E-state index is 12.9. The lowest BCUT2D eigenvalue weighted by molar-refractivity contribution is 0.0526. The van der Waals surface area contributed by atoms with Crippen LogP contribution in [0.2, 0.25) is 0 Å². The molecule has 0 radical (unpaired) electrons. The maximum Gasteiger partial charge on any atom is 0.407 e. The highest BCUT2D eigenvalue weighted by Gasteiger charge is 2.17. The molecule has 0 aliphatic heterocycles. The van der Waals surface area contributed by atoms with E-state index in [1.165, 1.54) is 24.3 Å². The first-order valence-electron chi connectivity index (χ1n) is 11.6. The van der Waals surface area contributed by atoms with Gasteiger partial charge in [0.05, 0.1) is 16.6 Å². The summed E-state index contributed by atoms with van der Waals surface area (Å²) in [4.78, 5) is 51.6. The summed E-state index contributed by atoms with van der Waals surface area (Å²) in [6, 6.07) is 10.8. The van der Waals surface area contributed by atoms with Gasteiger partial charge in [-0.15, -0.1) is 0 Å². The zero-order chi connectivity index (χ0) is 26.3. The van der Waals surface area contributed by atoms with Crippen LogP contribution in [0, 0.1) is 0 Å². The maximum atomic E-state index is 12.9. The van der Waals surface area contributed by atoms with E-state index in [4.69, 9.17) is 4.74 Å². The van der Waals surface area contributed by atoms with E-state index in [1.807, 2.05) is 4.57 Å². The molecule has 0 bridgehead atoms. The van der Waals surface area contributed by atoms with Gasteiger partial charge in [0.25, 0.3) is 5.91 Å². The first kappa shape index (κ1) is 26.4. The quantitative estimate of drug-likeness (QED) is 0.279. The van der Waals surface area contributed by atoms with Gasteiger partial charge in [-0.05, 0) is 76.4 Å². The fraction of sp³-hybridized carbons (Fsp3) is 0.346. The lowest BCUT2D eigenvalue weighted by Gasteiger charge is -2.19. The Kier molecular flexibility index (Phi) is 8.42. The van der Waals surface area contributed by atoms with Gasteiger partial charge in [0, 0.05) is 24.2 Å². The largest absolute Gasteiger partial charge is 0.478 e. The molecule has 1 aromatic heterocycles. The number of nitrogens with zero attached hydrogens (tertiary/aromatic N) is 2. The molecule has 0 saturated heterocycles. The van der Waals surface area contributed by atoms with Crippen LogP contribution < -0.4 is 10.6 Å². The number of carboxylic acids is 1. The van der Waals surface area contributed by atoms with Crippen molar-refractivity contribution in [1.29, 1.82) is 0 Å². The fourth-order valence-electron chi connectivity index (χ4n) is 3.59. The number of carboxylic acid groups (broad SMARTS) is 1. The number of unbranched alkanes of at least 4 members (excludes halogenated alkanes) is 2. The number of anilines is 1. The third-order valence-electron chi connectivity index (χ3n) is 5.23. The molecule has 1 heterocycles. The summed E-state index contributed by atoms with van der Waals surface area (Å²) in [5, 5.41) is 14.7.